The van der Waals surface area contributed by atoms with E-state index in [1.54, 1.807) is 18.3 Å². The second-order valence-electron chi connectivity index (χ2n) is 5.03. The van der Waals surface area contributed by atoms with Gasteiger partial charge in [0.25, 0.3) is 5.19 Å². The summed E-state index contributed by atoms with van der Waals surface area (Å²) in [7, 11) is -3.20. The quantitative estimate of drug-likeness (QED) is 0.720. The van der Waals surface area contributed by atoms with Gasteiger partial charge in [0.15, 0.2) is 9.84 Å². The van der Waals surface area contributed by atoms with E-state index in [0.29, 0.717) is 10.9 Å². The molecule has 5 nitrogen and oxygen atoms in total. The van der Waals surface area contributed by atoms with Gasteiger partial charge in [0.1, 0.15) is 5.75 Å². The van der Waals surface area contributed by atoms with Crippen LogP contribution in [0.1, 0.15) is 5.69 Å². The number of ether oxygens (including phenoxy) is 1. The lowest BCUT2D eigenvalue weighted by Crippen LogP contribution is -1.96. The normalized spacial score (nSPS) is 11.4. The smallest absolute Gasteiger partial charge is 0.279 e. The summed E-state index contributed by atoms with van der Waals surface area (Å²) in [6.07, 6.45) is 2.92. The fraction of sp³-hybridized carbons (Fsp3) is 0.125. The van der Waals surface area contributed by atoms with E-state index in [1.165, 1.54) is 29.7 Å². The largest absolute Gasteiger partial charge is 0.431 e. The Balaban J connectivity index is 1.79. The van der Waals surface area contributed by atoms with Gasteiger partial charge in [-0.15, -0.1) is 0 Å². The molecule has 118 valence electrons. The lowest BCUT2D eigenvalue weighted by atomic mass is 10.2. The molecule has 0 unspecified atom stereocenters. The van der Waals surface area contributed by atoms with Crippen molar-refractivity contribution in [2.75, 3.05) is 6.26 Å². The van der Waals surface area contributed by atoms with E-state index in [2.05, 4.69) is 9.97 Å². The zero-order chi connectivity index (χ0) is 16.4. The van der Waals surface area contributed by atoms with Crippen LogP contribution in [-0.2, 0) is 9.84 Å². The van der Waals surface area contributed by atoms with Crippen molar-refractivity contribution in [3.05, 3.63) is 53.7 Å². The average Bonchev–Trinajstić information content (AvgIpc) is 2.95. The Morgan fingerprint density at radius 2 is 1.87 bits per heavy atom. The molecule has 0 amide bonds. The maximum atomic E-state index is 11.4. The Kier molecular flexibility index (Phi) is 4.14. The molecule has 0 fully saturated rings. The summed E-state index contributed by atoms with van der Waals surface area (Å²) in [5.74, 6) is 0.546. The molecular weight excluding hydrogens is 332 g/mol. The topological polar surface area (TPSA) is 69.2 Å². The summed E-state index contributed by atoms with van der Waals surface area (Å²) in [5, 5.41) is 2.41. The van der Waals surface area contributed by atoms with E-state index in [0.717, 1.165) is 17.0 Å². The molecule has 1 aromatic carbocycles. The molecule has 0 spiro atoms. The fourth-order valence-electron chi connectivity index (χ4n) is 2.00. The SMILES string of the molecule is Cc1cc(-c2csc(Oc3ccc(S(C)(=O)=O)cc3)n2)ccn1. The van der Waals surface area contributed by atoms with Gasteiger partial charge in [-0.1, -0.05) is 11.3 Å². The number of aromatic nitrogens is 2. The van der Waals surface area contributed by atoms with E-state index in [-0.39, 0.29) is 4.90 Å². The summed E-state index contributed by atoms with van der Waals surface area (Å²) >= 11 is 1.38. The first kappa shape index (κ1) is 15.6. The predicted octanol–water partition coefficient (Wildman–Crippen LogP) is 3.71. The number of hydrogen-bond donors (Lipinski definition) is 0. The Morgan fingerprint density at radius 1 is 1.13 bits per heavy atom. The van der Waals surface area contributed by atoms with Crippen LogP contribution in [0.4, 0.5) is 0 Å². The Hall–Kier alpha value is -2.25. The lowest BCUT2D eigenvalue weighted by Gasteiger charge is -2.03. The van der Waals surface area contributed by atoms with Gasteiger partial charge in [-0.05, 0) is 43.3 Å². The van der Waals surface area contributed by atoms with Gasteiger partial charge < -0.3 is 4.74 Å². The second-order valence-corrected chi connectivity index (χ2v) is 7.87. The first-order valence-corrected chi connectivity index (χ1v) is 9.55. The van der Waals surface area contributed by atoms with Crippen LogP contribution in [0.2, 0.25) is 0 Å². The van der Waals surface area contributed by atoms with Gasteiger partial charge in [0.2, 0.25) is 0 Å². The molecule has 0 saturated heterocycles. The molecule has 0 atom stereocenters. The summed E-state index contributed by atoms with van der Waals surface area (Å²) in [5.41, 5.74) is 2.73. The van der Waals surface area contributed by atoms with Crippen LogP contribution < -0.4 is 4.74 Å². The first-order valence-electron chi connectivity index (χ1n) is 6.78. The van der Waals surface area contributed by atoms with Gasteiger partial charge in [-0.25, -0.2) is 13.4 Å². The van der Waals surface area contributed by atoms with Crippen molar-refractivity contribution >= 4 is 21.2 Å². The lowest BCUT2D eigenvalue weighted by molar-refractivity contribution is 0.479. The van der Waals surface area contributed by atoms with Crippen molar-refractivity contribution in [3.8, 4) is 22.2 Å². The molecule has 0 aliphatic heterocycles. The van der Waals surface area contributed by atoms with Crippen molar-refractivity contribution in [1.29, 1.82) is 0 Å². The van der Waals surface area contributed by atoms with Crippen molar-refractivity contribution < 1.29 is 13.2 Å². The van der Waals surface area contributed by atoms with Crippen molar-refractivity contribution in [1.82, 2.24) is 9.97 Å². The van der Waals surface area contributed by atoms with E-state index in [4.69, 9.17) is 4.74 Å². The van der Waals surface area contributed by atoms with Crippen LogP contribution in [0, 0.1) is 6.92 Å². The number of hydrogen-bond acceptors (Lipinski definition) is 6. The molecule has 2 heterocycles. The summed E-state index contributed by atoms with van der Waals surface area (Å²) in [6.45, 7) is 1.93. The molecule has 0 radical (unpaired) electrons. The van der Waals surface area contributed by atoms with Gasteiger partial charge in [0.05, 0.1) is 10.6 Å². The van der Waals surface area contributed by atoms with Crippen molar-refractivity contribution in [2.45, 2.75) is 11.8 Å². The summed E-state index contributed by atoms with van der Waals surface area (Å²) in [6, 6.07) is 10.1. The number of thiazole rings is 1. The molecule has 2 aromatic heterocycles. The van der Waals surface area contributed by atoms with E-state index in [9.17, 15) is 8.42 Å². The van der Waals surface area contributed by atoms with Crippen LogP contribution in [0.3, 0.4) is 0 Å². The van der Waals surface area contributed by atoms with Crippen LogP contribution in [0.15, 0.2) is 52.9 Å². The van der Waals surface area contributed by atoms with Crippen molar-refractivity contribution in [3.63, 3.8) is 0 Å². The number of benzene rings is 1. The molecule has 0 aliphatic carbocycles. The van der Waals surface area contributed by atoms with Crippen molar-refractivity contribution in [2.24, 2.45) is 0 Å². The van der Waals surface area contributed by atoms with Gasteiger partial charge in [0, 0.05) is 29.1 Å². The van der Waals surface area contributed by atoms with Crippen LogP contribution in [-0.4, -0.2) is 24.6 Å². The highest BCUT2D eigenvalue weighted by Gasteiger charge is 2.09. The molecule has 3 rings (SSSR count). The summed E-state index contributed by atoms with van der Waals surface area (Å²) in [4.78, 5) is 8.86. The highest BCUT2D eigenvalue weighted by atomic mass is 32.2. The number of rotatable bonds is 4. The third-order valence-electron chi connectivity index (χ3n) is 3.13. The van der Waals surface area contributed by atoms with E-state index < -0.39 is 9.84 Å². The second kappa shape index (κ2) is 6.10. The molecule has 7 heteroatoms. The predicted molar refractivity (Wildman–Crippen MR) is 89.7 cm³/mol. The van der Waals surface area contributed by atoms with Crippen LogP contribution >= 0.6 is 11.3 Å². The number of pyridine rings is 1. The Labute approximate surface area is 138 Å². The highest BCUT2D eigenvalue weighted by Crippen LogP contribution is 2.30. The van der Waals surface area contributed by atoms with Gasteiger partial charge in [-0.2, -0.15) is 0 Å². The van der Waals surface area contributed by atoms with E-state index in [1.807, 2.05) is 24.4 Å². The minimum atomic E-state index is -3.20. The zero-order valence-electron chi connectivity index (χ0n) is 12.6. The monoisotopic (exact) mass is 346 g/mol. The third kappa shape index (κ3) is 3.75. The molecular formula is C16H14N2O3S2. The zero-order valence-corrected chi connectivity index (χ0v) is 14.2. The third-order valence-corrected chi connectivity index (χ3v) is 4.98. The minimum absolute atomic E-state index is 0.261. The molecule has 0 aliphatic rings. The van der Waals surface area contributed by atoms with Gasteiger partial charge >= 0.3 is 0 Å². The first-order chi connectivity index (χ1) is 10.9. The number of sulfone groups is 1. The maximum Gasteiger partial charge on any atom is 0.279 e. The van der Waals surface area contributed by atoms with Crippen LogP contribution in [0.5, 0.6) is 10.9 Å². The highest BCUT2D eigenvalue weighted by molar-refractivity contribution is 7.90. The molecule has 0 bridgehead atoms. The van der Waals surface area contributed by atoms with Gasteiger partial charge in [-0.3, -0.25) is 4.98 Å². The average molecular weight is 346 g/mol. The molecule has 0 saturated carbocycles. The molecule has 23 heavy (non-hydrogen) atoms. The minimum Gasteiger partial charge on any atom is -0.431 e. The molecule has 0 N–H and O–H groups in total. The number of nitrogens with zero attached hydrogens (tertiary/aromatic N) is 2. The van der Waals surface area contributed by atoms with E-state index >= 15 is 0 Å². The van der Waals surface area contributed by atoms with Crippen LogP contribution in [0.25, 0.3) is 11.3 Å². The number of aryl methyl sites for hydroxylation is 1. The fourth-order valence-corrected chi connectivity index (χ4v) is 3.32. The Morgan fingerprint density at radius 3 is 2.52 bits per heavy atom. The maximum absolute atomic E-state index is 11.4. The summed E-state index contributed by atoms with van der Waals surface area (Å²) < 4.78 is 28.5. The molecule has 3 aromatic rings. The standard InChI is InChI=1S/C16H14N2O3S2/c1-11-9-12(7-8-17-11)15-10-22-16(18-15)21-13-3-5-14(6-4-13)23(2,19)20/h3-10H,1-2H3. The Bertz CT molecular complexity index is 932.